The van der Waals surface area contributed by atoms with Crippen LogP contribution in [0.2, 0.25) is 0 Å². The van der Waals surface area contributed by atoms with Gasteiger partial charge in [0, 0.05) is 24.1 Å². The lowest BCUT2D eigenvalue weighted by Crippen LogP contribution is -2.70. The van der Waals surface area contributed by atoms with Gasteiger partial charge in [0.25, 0.3) is 11.8 Å². The molecule has 4 heterocycles. The highest BCUT2D eigenvalue weighted by Crippen LogP contribution is 2.42. The van der Waals surface area contributed by atoms with E-state index >= 15 is 0 Å². The number of aliphatic carboxylic acids is 1. The van der Waals surface area contributed by atoms with Crippen LogP contribution in [0, 0.1) is 0 Å². The number of carbonyl (C=O) groups excluding carboxylic acids is 3. The van der Waals surface area contributed by atoms with E-state index in [-0.39, 0.29) is 10.6 Å². The number of thioether (sulfide) groups is 3. The van der Waals surface area contributed by atoms with Gasteiger partial charge in [-0.1, -0.05) is 46.5 Å². The Labute approximate surface area is 219 Å². The van der Waals surface area contributed by atoms with Gasteiger partial charge in [-0.2, -0.15) is 0 Å². The van der Waals surface area contributed by atoms with E-state index in [1.54, 1.807) is 7.05 Å². The monoisotopic (exact) mass is 574 g/mol. The molecule has 18 heteroatoms. The number of tetrazole rings is 1. The van der Waals surface area contributed by atoms with Crippen LogP contribution in [0.5, 0.6) is 0 Å². The second-order valence-electron chi connectivity index (χ2n) is 6.81. The van der Waals surface area contributed by atoms with Crippen molar-refractivity contribution < 1.29 is 24.3 Å². The summed E-state index contributed by atoms with van der Waals surface area (Å²) >= 11 is 10.6. The third-order valence-corrected chi connectivity index (χ3v) is 9.53. The van der Waals surface area contributed by atoms with Crippen LogP contribution in [0.4, 0.5) is 5.13 Å². The molecule has 3 N–H and O–H groups in total. The summed E-state index contributed by atoms with van der Waals surface area (Å²) in [5, 5.41) is 26.3. The zero-order valence-electron chi connectivity index (χ0n) is 17.6. The molecule has 1 saturated heterocycles. The molecule has 0 aromatic carbocycles. The number of amides is 3. The van der Waals surface area contributed by atoms with E-state index in [0.717, 1.165) is 28.6 Å². The van der Waals surface area contributed by atoms with Crippen LogP contribution in [0.3, 0.4) is 0 Å². The third kappa shape index (κ3) is 5.32. The van der Waals surface area contributed by atoms with Crippen molar-refractivity contribution in [2.45, 2.75) is 20.8 Å². The first kappa shape index (κ1) is 25.5. The smallest absolute Gasteiger partial charge is 0.352 e. The topological polar surface area (TPSA) is 172 Å². The van der Waals surface area contributed by atoms with Gasteiger partial charge in [0.15, 0.2) is 5.13 Å². The minimum absolute atomic E-state index is 0.0887. The molecule has 2 atom stereocenters. The Balaban J connectivity index is 1.42. The zero-order valence-corrected chi connectivity index (χ0v) is 21.6. The molecule has 2 aliphatic heterocycles. The number of carbonyl (C=O) groups is 4. The standard InChI is InChI=1S/C17H15ClN8O5S4/c1-25-17(22-23-24-25)33-5-7-4-32-14-10(13(29)26(14)11(7)15(30)31)21-12(28)8(2-18)34-9-3-19-16(35-9)20-6-27/h2-3,6,10,14H,4-5H2,1H3,(H,21,28)(H,30,31)(H,19,20,27)/b8-2+. The predicted octanol–water partition coefficient (Wildman–Crippen LogP) is 0.938. The summed E-state index contributed by atoms with van der Waals surface area (Å²) in [6.45, 7) is 0. The van der Waals surface area contributed by atoms with Crippen LogP contribution in [0.1, 0.15) is 0 Å². The van der Waals surface area contributed by atoms with E-state index in [0.29, 0.717) is 38.0 Å². The molecule has 0 aliphatic carbocycles. The first-order valence-electron chi connectivity index (χ1n) is 9.54. The van der Waals surface area contributed by atoms with Crippen molar-refractivity contribution in [3.05, 3.63) is 27.9 Å². The summed E-state index contributed by atoms with van der Waals surface area (Å²) in [7, 11) is 1.67. The van der Waals surface area contributed by atoms with Crippen LogP contribution < -0.4 is 10.6 Å². The minimum Gasteiger partial charge on any atom is -0.477 e. The largest absolute Gasteiger partial charge is 0.477 e. The molecule has 184 valence electrons. The Morgan fingerprint density at radius 1 is 1.43 bits per heavy atom. The van der Waals surface area contributed by atoms with Gasteiger partial charge in [-0.3, -0.25) is 19.3 Å². The highest BCUT2D eigenvalue weighted by Gasteiger charge is 2.54. The molecular weight excluding hydrogens is 560 g/mol. The van der Waals surface area contributed by atoms with Crippen molar-refractivity contribution >= 4 is 87.5 Å². The molecule has 0 spiro atoms. The van der Waals surface area contributed by atoms with Gasteiger partial charge in [0.2, 0.25) is 11.6 Å². The fraction of sp³-hybridized carbons (Fsp3) is 0.294. The summed E-state index contributed by atoms with van der Waals surface area (Å²) in [6.07, 6.45) is 1.97. The van der Waals surface area contributed by atoms with Crippen molar-refractivity contribution in [1.29, 1.82) is 0 Å². The maximum absolute atomic E-state index is 12.9. The Morgan fingerprint density at radius 2 is 2.23 bits per heavy atom. The Kier molecular flexibility index (Phi) is 8.00. The first-order chi connectivity index (χ1) is 16.8. The van der Waals surface area contributed by atoms with E-state index in [2.05, 4.69) is 31.1 Å². The molecule has 2 unspecified atom stereocenters. The minimum atomic E-state index is -1.22. The molecule has 2 aromatic rings. The number of aryl methyl sites for hydroxylation is 1. The van der Waals surface area contributed by atoms with Gasteiger partial charge in [0.1, 0.15) is 17.1 Å². The van der Waals surface area contributed by atoms with Crippen LogP contribution in [0.15, 0.2) is 37.3 Å². The summed E-state index contributed by atoms with van der Waals surface area (Å²) in [5.41, 5.74) is 1.56. The van der Waals surface area contributed by atoms with Gasteiger partial charge >= 0.3 is 5.97 Å². The molecule has 13 nitrogen and oxygen atoms in total. The number of carboxylic acid groups (broad SMARTS) is 1. The van der Waals surface area contributed by atoms with Crippen LogP contribution in [-0.4, -0.2) is 82.3 Å². The van der Waals surface area contributed by atoms with Gasteiger partial charge in [-0.15, -0.1) is 16.9 Å². The number of anilines is 1. The van der Waals surface area contributed by atoms with Crippen molar-refractivity contribution in [3.63, 3.8) is 0 Å². The van der Waals surface area contributed by atoms with Gasteiger partial charge in [-0.25, -0.2) is 14.5 Å². The summed E-state index contributed by atoms with van der Waals surface area (Å²) in [4.78, 5) is 53.5. The lowest BCUT2D eigenvalue weighted by Gasteiger charge is -2.49. The number of carboxylic acids is 1. The van der Waals surface area contributed by atoms with E-state index in [1.165, 1.54) is 39.3 Å². The molecule has 35 heavy (non-hydrogen) atoms. The maximum Gasteiger partial charge on any atom is 0.352 e. The first-order valence-corrected chi connectivity index (χ1v) is 13.6. The van der Waals surface area contributed by atoms with Crippen molar-refractivity contribution in [2.75, 3.05) is 16.8 Å². The van der Waals surface area contributed by atoms with E-state index < -0.39 is 29.2 Å². The average Bonchev–Trinajstić information content (AvgIpc) is 3.46. The highest BCUT2D eigenvalue weighted by molar-refractivity contribution is 8.05. The number of β-lactam (4-membered cyclic amide) rings is 1. The SMILES string of the molecule is Cn1nnnc1SCC1=C(C(=O)O)N2C(=O)C(NC(=O)/C(=C\Cl)Sc3cnc(NC=O)s3)C2SC1. The van der Waals surface area contributed by atoms with Crippen molar-refractivity contribution in [3.8, 4) is 0 Å². The molecule has 0 bridgehead atoms. The fourth-order valence-corrected chi connectivity index (χ4v) is 7.42. The summed E-state index contributed by atoms with van der Waals surface area (Å²) < 4.78 is 2.07. The number of hydrogen-bond donors (Lipinski definition) is 3. The summed E-state index contributed by atoms with van der Waals surface area (Å²) in [6, 6.07) is -0.903. The molecule has 2 aromatic heterocycles. The Morgan fingerprint density at radius 3 is 2.89 bits per heavy atom. The van der Waals surface area contributed by atoms with E-state index in [1.807, 2.05) is 0 Å². The third-order valence-electron chi connectivity index (χ3n) is 4.69. The number of hydrogen-bond acceptors (Lipinski definition) is 12. The number of nitrogens with zero attached hydrogens (tertiary/aromatic N) is 6. The Hall–Kier alpha value is -2.60. The van der Waals surface area contributed by atoms with Gasteiger partial charge in [-0.05, 0) is 16.0 Å². The fourth-order valence-electron chi connectivity index (χ4n) is 3.15. The molecular formula is C17H15ClN8O5S4. The lowest BCUT2D eigenvalue weighted by molar-refractivity contribution is -0.150. The molecule has 4 rings (SSSR count). The zero-order chi connectivity index (χ0) is 25.1. The average molecular weight is 575 g/mol. The predicted molar refractivity (Wildman–Crippen MR) is 131 cm³/mol. The molecule has 0 radical (unpaired) electrons. The second-order valence-corrected chi connectivity index (χ2v) is 11.5. The number of thiazole rings is 1. The molecule has 2 aliphatic rings. The number of rotatable bonds is 10. The number of nitrogens with one attached hydrogen (secondary N) is 2. The molecule has 1 fully saturated rings. The second kappa shape index (κ2) is 11.0. The summed E-state index contributed by atoms with van der Waals surface area (Å²) in [5.74, 6) is -1.67. The molecule has 3 amide bonds. The maximum atomic E-state index is 12.9. The van der Waals surface area contributed by atoms with E-state index in [4.69, 9.17) is 11.6 Å². The lowest BCUT2D eigenvalue weighted by atomic mass is 10.0. The molecule has 0 saturated carbocycles. The van der Waals surface area contributed by atoms with Crippen LogP contribution in [0.25, 0.3) is 0 Å². The quantitative estimate of drug-likeness (QED) is 0.159. The van der Waals surface area contributed by atoms with Gasteiger partial charge < -0.3 is 15.7 Å². The van der Waals surface area contributed by atoms with Crippen LogP contribution in [-0.2, 0) is 26.2 Å². The number of halogens is 1. The number of fused-ring (bicyclic) bond motifs is 1. The van der Waals surface area contributed by atoms with Crippen molar-refractivity contribution in [1.82, 2.24) is 35.4 Å². The normalized spacial score (nSPS) is 19.8. The van der Waals surface area contributed by atoms with Crippen LogP contribution >= 0.6 is 58.2 Å². The highest BCUT2D eigenvalue weighted by atomic mass is 35.5. The van der Waals surface area contributed by atoms with Crippen molar-refractivity contribution in [2.24, 2.45) is 7.05 Å². The number of aromatic nitrogens is 5. The van der Waals surface area contributed by atoms with E-state index in [9.17, 15) is 24.3 Å². The van der Waals surface area contributed by atoms with Gasteiger partial charge in [0.05, 0.1) is 15.3 Å². The Bertz CT molecular complexity index is 1250.